The van der Waals surface area contributed by atoms with Gasteiger partial charge in [-0.3, -0.25) is 9.59 Å². The number of para-hydroxylation sites is 1. The molecule has 1 unspecified atom stereocenters. The average molecular weight is 391 g/mol. The largest absolute Gasteiger partial charge is 0.383 e. The second kappa shape index (κ2) is 8.95. The maximum Gasteiger partial charge on any atom is 0.313 e. The number of nitrogens with zero attached hydrogens (tertiary/aromatic N) is 1. The van der Waals surface area contributed by atoms with E-state index in [1.807, 2.05) is 36.4 Å². The quantitative estimate of drug-likeness (QED) is 0.582. The number of aliphatic hydroxyl groups excluding tert-OH is 1. The van der Waals surface area contributed by atoms with Crippen molar-refractivity contribution >= 4 is 28.8 Å². The number of aliphatic hydroxyl groups is 1. The highest BCUT2D eigenvalue weighted by atomic mass is 32.1. The number of amides is 2. The van der Waals surface area contributed by atoms with Gasteiger partial charge >= 0.3 is 11.8 Å². The predicted octanol–water partition coefficient (Wildman–Crippen LogP) is 2.96. The molecule has 3 N–H and O–H groups in total. The Morgan fingerprint density at radius 3 is 2.46 bits per heavy atom. The fourth-order valence-corrected chi connectivity index (χ4v) is 3.52. The minimum Gasteiger partial charge on any atom is -0.383 e. The number of hydrogen-bond acceptors (Lipinski definition) is 5. The van der Waals surface area contributed by atoms with Crippen LogP contribution in [-0.2, 0) is 16.1 Å². The zero-order valence-corrected chi connectivity index (χ0v) is 15.6. The average Bonchev–Trinajstić information content (AvgIpc) is 3.21. The standard InChI is InChI=1S/C21H17N3O3S/c22-12-15-8-4-5-9-17(15)24-21(27)20(26)23-13-16-10-11-18(28-16)19(25)14-6-2-1-3-7-14/h1-11,19,25H,13H2,(H,23,26)(H,24,27). The molecule has 0 radical (unpaired) electrons. The third-order valence-corrected chi connectivity index (χ3v) is 5.13. The zero-order chi connectivity index (χ0) is 19.9. The molecular weight excluding hydrogens is 374 g/mol. The van der Waals surface area contributed by atoms with E-state index in [1.54, 1.807) is 36.4 Å². The molecule has 0 saturated carbocycles. The highest BCUT2D eigenvalue weighted by molar-refractivity contribution is 7.12. The molecule has 6 nitrogen and oxygen atoms in total. The number of rotatable bonds is 5. The van der Waals surface area contributed by atoms with E-state index in [1.165, 1.54) is 11.3 Å². The van der Waals surface area contributed by atoms with Crippen molar-refractivity contribution in [3.05, 3.63) is 87.6 Å². The third kappa shape index (κ3) is 4.62. The second-order valence-corrected chi connectivity index (χ2v) is 7.11. The lowest BCUT2D eigenvalue weighted by atomic mass is 10.1. The monoisotopic (exact) mass is 391 g/mol. The lowest BCUT2D eigenvalue weighted by Crippen LogP contribution is -2.34. The van der Waals surface area contributed by atoms with Crippen LogP contribution in [0.1, 0.15) is 27.0 Å². The molecule has 2 amide bonds. The van der Waals surface area contributed by atoms with Crippen molar-refractivity contribution in [1.82, 2.24) is 5.32 Å². The first-order valence-electron chi connectivity index (χ1n) is 8.48. The molecule has 7 heteroatoms. The molecule has 0 saturated heterocycles. The smallest absolute Gasteiger partial charge is 0.313 e. The van der Waals surface area contributed by atoms with Gasteiger partial charge in [0.1, 0.15) is 12.2 Å². The van der Waals surface area contributed by atoms with Gasteiger partial charge in [0.15, 0.2) is 0 Å². The van der Waals surface area contributed by atoms with E-state index in [0.29, 0.717) is 0 Å². The normalized spacial score (nSPS) is 11.3. The second-order valence-electron chi connectivity index (χ2n) is 5.91. The maximum atomic E-state index is 12.0. The molecule has 0 bridgehead atoms. The summed E-state index contributed by atoms with van der Waals surface area (Å²) in [6, 6.07) is 21.3. The van der Waals surface area contributed by atoms with Gasteiger partial charge in [-0.2, -0.15) is 5.26 Å². The lowest BCUT2D eigenvalue weighted by Gasteiger charge is -2.08. The predicted molar refractivity (Wildman–Crippen MR) is 106 cm³/mol. The fourth-order valence-electron chi connectivity index (χ4n) is 2.55. The number of nitrogens with one attached hydrogen (secondary N) is 2. The van der Waals surface area contributed by atoms with Gasteiger partial charge in [-0.1, -0.05) is 42.5 Å². The van der Waals surface area contributed by atoms with Crippen LogP contribution in [0.25, 0.3) is 0 Å². The van der Waals surface area contributed by atoms with Gasteiger partial charge in [-0.05, 0) is 29.8 Å². The molecule has 1 aromatic heterocycles. The molecule has 28 heavy (non-hydrogen) atoms. The van der Waals surface area contributed by atoms with Crippen molar-refractivity contribution in [2.45, 2.75) is 12.6 Å². The van der Waals surface area contributed by atoms with Gasteiger partial charge in [0, 0.05) is 9.75 Å². The van der Waals surface area contributed by atoms with E-state index in [2.05, 4.69) is 10.6 Å². The Bertz CT molecular complexity index is 1020. The number of anilines is 1. The Morgan fingerprint density at radius 2 is 1.71 bits per heavy atom. The molecule has 2 aromatic carbocycles. The highest BCUT2D eigenvalue weighted by Gasteiger charge is 2.16. The van der Waals surface area contributed by atoms with E-state index < -0.39 is 17.9 Å². The summed E-state index contributed by atoms with van der Waals surface area (Å²) in [7, 11) is 0. The molecule has 0 aliphatic carbocycles. The van der Waals surface area contributed by atoms with E-state index in [9.17, 15) is 14.7 Å². The Balaban J connectivity index is 1.57. The minimum atomic E-state index is -0.844. The molecule has 0 spiro atoms. The van der Waals surface area contributed by atoms with Gasteiger partial charge < -0.3 is 15.7 Å². The van der Waals surface area contributed by atoms with E-state index in [0.717, 1.165) is 15.3 Å². The molecule has 1 atom stereocenters. The van der Waals surface area contributed by atoms with Crippen LogP contribution < -0.4 is 10.6 Å². The summed E-state index contributed by atoms with van der Waals surface area (Å²) in [5.74, 6) is -1.64. The van der Waals surface area contributed by atoms with E-state index >= 15 is 0 Å². The van der Waals surface area contributed by atoms with Crippen molar-refractivity contribution in [3.8, 4) is 6.07 Å². The zero-order valence-electron chi connectivity index (χ0n) is 14.8. The first-order chi connectivity index (χ1) is 13.6. The van der Waals surface area contributed by atoms with Gasteiger partial charge in [0.05, 0.1) is 17.8 Å². The molecule has 3 rings (SSSR count). The summed E-state index contributed by atoms with van der Waals surface area (Å²) in [6.45, 7) is 0.165. The summed E-state index contributed by atoms with van der Waals surface area (Å²) >= 11 is 1.36. The van der Waals surface area contributed by atoms with Crippen LogP contribution in [0.3, 0.4) is 0 Å². The SMILES string of the molecule is N#Cc1ccccc1NC(=O)C(=O)NCc1ccc(C(O)c2ccccc2)s1. The van der Waals surface area contributed by atoms with Gasteiger partial charge in [0.2, 0.25) is 0 Å². The van der Waals surface area contributed by atoms with Crippen LogP contribution in [0.2, 0.25) is 0 Å². The topological polar surface area (TPSA) is 102 Å². The highest BCUT2D eigenvalue weighted by Crippen LogP contribution is 2.28. The minimum absolute atomic E-state index is 0.165. The number of nitriles is 1. The third-order valence-electron chi connectivity index (χ3n) is 3.99. The number of benzene rings is 2. The Morgan fingerprint density at radius 1 is 1.00 bits per heavy atom. The van der Waals surface area contributed by atoms with Crippen molar-refractivity contribution < 1.29 is 14.7 Å². The summed E-state index contributed by atoms with van der Waals surface area (Å²) < 4.78 is 0. The molecule has 140 valence electrons. The van der Waals surface area contributed by atoms with Gasteiger partial charge in [-0.15, -0.1) is 11.3 Å². The number of carbonyl (C=O) groups excluding carboxylic acids is 2. The maximum absolute atomic E-state index is 12.0. The Hall–Kier alpha value is -3.47. The van der Waals surface area contributed by atoms with Crippen molar-refractivity contribution in [2.75, 3.05) is 5.32 Å². The van der Waals surface area contributed by atoms with Crippen LogP contribution in [0.5, 0.6) is 0 Å². The van der Waals surface area contributed by atoms with Crippen LogP contribution in [0.15, 0.2) is 66.7 Å². The first-order valence-corrected chi connectivity index (χ1v) is 9.30. The number of hydrogen-bond donors (Lipinski definition) is 3. The van der Waals surface area contributed by atoms with Crippen LogP contribution in [0.4, 0.5) is 5.69 Å². The van der Waals surface area contributed by atoms with E-state index in [4.69, 9.17) is 5.26 Å². The molecular formula is C21H17N3O3S. The van der Waals surface area contributed by atoms with Crippen molar-refractivity contribution in [1.29, 1.82) is 5.26 Å². The Kier molecular flexibility index (Phi) is 6.17. The number of thiophene rings is 1. The molecule has 1 heterocycles. The molecule has 0 aliphatic rings. The summed E-state index contributed by atoms with van der Waals surface area (Å²) in [5, 5.41) is 24.4. The van der Waals surface area contributed by atoms with Crippen LogP contribution in [0, 0.1) is 11.3 Å². The molecule has 0 aliphatic heterocycles. The summed E-state index contributed by atoms with van der Waals surface area (Å²) in [6.07, 6.45) is -0.735. The first kappa shape index (κ1) is 19.3. The summed E-state index contributed by atoms with van der Waals surface area (Å²) in [5.41, 5.74) is 1.35. The summed E-state index contributed by atoms with van der Waals surface area (Å²) in [4.78, 5) is 25.6. The van der Waals surface area contributed by atoms with Crippen molar-refractivity contribution in [3.63, 3.8) is 0 Å². The van der Waals surface area contributed by atoms with Crippen LogP contribution in [-0.4, -0.2) is 16.9 Å². The number of carbonyl (C=O) groups is 2. The van der Waals surface area contributed by atoms with Gasteiger partial charge in [0.25, 0.3) is 0 Å². The lowest BCUT2D eigenvalue weighted by molar-refractivity contribution is -0.136. The fraction of sp³-hybridized carbons (Fsp3) is 0.0952. The van der Waals surface area contributed by atoms with Gasteiger partial charge in [-0.25, -0.2) is 0 Å². The molecule has 3 aromatic rings. The van der Waals surface area contributed by atoms with E-state index in [-0.39, 0.29) is 17.8 Å². The van der Waals surface area contributed by atoms with Crippen LogP contribution >= 0.6 is 11.3 Å². The van der Waals surface area contributed by atoms with Crippen molar-refractivity contribution in [2.24, 2.45) is 0 Å². The Labute approximate surface area is 166 Å². The molecule has 0 fully saturated rings.